The van der Waals surface area contributed by atoms with Crippen molar-refractivity contribution < 1.29 is 9.59 Å². The van der Waals surface area contributed by atoms with Crippen LogP contribution < -0.4 is 10.6 Å². The summed E-state index contributed by atoms with van der Waals surface area (Å²) in [5, 5.41) is 6.67. The van der Waals surface area contributed by atoms with E-state index in [0.717, 1.165) is 37.2 Å². The SMILES string of the molecule is O=C(CN1CCC(NC(=O)Cc2ccc(Cl)cc2)CC1)Nc1ccccc1. The molecule has 0 aliphatic carbocycles. The highest BCUT2D eigenvalue weighted by Gasteiger charge is 2.22. The van der Waals surface area contributed by atoms with Gasteiger partial charge < -0.3 is 10.6 Å². The number of carbonyl (C=O) groups excluding carboxylic acids is 2. The van der Waals surface area contributed by atoms with Gasteiger partial charge in [0.25, 0.3) is 0 Å². The molecule has 1 aliphatic heterocycles. The van der Waals surface area contributed by atoms with Crippen LogP contribution in [0.15, 0.2) is 54.6 Å². The highest BCUT2D eigenvalue weighted by molar-refractivity contribution is 6.30. The predicted molar refractivity (Wildman–Crippen MR) is 108 cm³/mol. The molecule has 0 atom stereocenters. The minimum Gasteiger partial charge on any atom is -0.353 e. The molecule has 1 heterocycles. The molecule has 0 saturated carbocycles. The maximum absolute atomic E-state index is 12.2. The molecular weight excluding hydrogens is 362 g/mol. The summed E-state index contributed by atoms with van der Waals surface area (Å²) in [6.45, 7) is 1.97. The second-order valence-corrected chi connectivity index (χ2v) is 7.27. The van der Waals surface area contributed by atoms with Crippen molar-refractivity contribution in [3.05, 3.63) is 65.2 Å². The fourth-order valence-corrected chi connectivity index (χ4v) is 3.35. The van der Waals surface area contributed by atoms with Gasteiger partial charge in [0, 0.05) is 29.8 Å². The number of halogens is 1. The maximum atomic E-state index is 12.2. The van der Waals surface area contributed by atoms with Crippen LogP contribution in [-0.2, 0) is 16.0 Å². The topological polar surface area (TPSA) is 61.4 Å². The summed E-state index contributed by atoms with van der Waals surface area (Å²) in [6, 6.07) is 17.0. The van der Waals surface area contributed by atoms with Crippen molar-refractivity contribution in [2.24, 2.45) is 0 Å². The number of hydrogen-bond acceptors (Lipinski definition) is 3. The number of nitrogens with zero attached hydrogens (tertiary/aromatic N) is 1. The second-order valence-electron chi connectivity index (χ2n) is 6.84. The van der Waals surface area contributed by atoms with Crippen molar-refractivity contribution >= 4 is 29.1 Å². The van der Waals surface area contributed by atoms with Crippen molar-refractivity contribution in [2.75, 3.05) is 25.0 Å². The summed E-state index contributed by atoms with van der Waals surface area (Å²) < 4.78 is 0. The van der Waals surface area contributed by atoms with E-state index in [4.69, 9.17) is 11.6 Å². The molecule has 6 heteroatoms. The van der Waals surface area contributed by atoms with Crippen LogP contribution in [0.5, 0.6) is 0 Å². The Hall–Kier alpha value is -2.37. The van der Waals surface area contributed by atoms with Crippen LogP contribution in [0.25, 0.3) is 0 Å². The molecule has 2 amide bonds. The first-order chi connectivity index (χ1) is 13.1. The van der Waals surface area contributed by atoms with Gasteiger partial charge >= 0.3 is 0 Å². The average molecular weight is 386 g/mol. The lowest BCUT2D eigenvalue weighted by molar-refractivity contribution is -0.122. The fourth-order valence-electron chi connectivity index (χ4n) is 3.23. The number of rotatable bonds is 6. The van der Waals surface area contributed by atoms with E-state index in [1.807, 2.05) is 42.5 Å². The molecule has 0 radical (unpaired) electrons. The summed E-state index contributed by atoms with van der Waals surface area (Å²) in [6.07, 6.45) is 2.06. The summed E-state index contributed by atoms with van der Waals surface area (Å²) in [7, 11) is 0. The van der Waals surface area contributed by atoms with Gasteiger partial charge in [-0.2, -0.15) is 0 Å². The largest absolute Gasteiger partial charge is 0.353 e. The summed E-state index contributed by atoms with van der Waals surface area (Å²) in [4.78, 5) is 26.5. The molecule has 1 saturated heterocycles. The van der Waals surface area contributed by atoms with Gasteiger partial charge in [-0.1, -0.05) is 41.9 Å². The molecule has 0 spiro atoms. The normalized spacial score (nSPS) is 15.3. The lowest BCUT2D eigenvalue weighted by Crippen LogP contribution is -2.46. The number of para-hydroxylation sites is 1. The number of nitrogens with one attached hydrogen (secondary N) is 2. The minimum atomic E-state index is -0.00794. The smallest absolute Gasteiger partial charge is 0.238 e. The fraction of sp³-hybridized carbons (Fsp3) is 0.333. The molecule has 1 fully saturated rings. The summed E-state index contributed by atoms with van der Waals surface area (Å²) >= 11 is 5.87. The first-order valence-electron chi connectivity index (χ1n) is 9.19. The zero-order valence-corrected chi connectivity index (χ0v) is 15.9. The Morgan fingerprint density at radius 2 is 1.63 bits per heavy atom. The van der Waals surface area contributed by atoms with Crippen LogP contribution >= 0.6 is 11.6 Å². The molecule has 1 aliphatic rings. The number of amides is 2. The first-order valence-corrected chi connectivity index (χ1v) is 9.57. The Morgan fingerprint density at radius 1 is 0.963 bits per heavy atom. The molecule has 0 aromatic heterocycles. The van der Waals surface area contributed by atoms with Crippen LogP contribution in [0, 0.1) is 0 Å². The third kappa shape index (κ3) is 6.38. The molecule has 0 unspecified atom stereocenters. The van der Waals surface area contributed by atoms with Gasteiger partial charge in [-0.25, -0.2) is 0 Å². The third-order valence-corrected chi connectivity index (χ3v) is 4.91. The van der Waals surface area contributed by atoms with Gasteiger partial charge in [0.1, 0.15) is 0 Å². The van der Waals surface area contributed by atoms with Gasteiger partial charge in [-0.05, 0) is 42.7 Å². The van der Waals surface area contributed by atoms with E-state index in [2.05, 4.69) is 15.5 Å². The number of benzene rings is 2. The van der Waals surface area contributed by atoms with Crippen LogP contribution in [0.4, 0.5) is 5.69 Å². The van der Waals surface area contributed by atoms with E-state index in [9.17, 15) is 9.59 Å². The lowest BCUT2D eigenvalue weighted by atomic mass is 10.0. The number of carbonyl (C=O) groups is 2. The van der Waals surface area contributed by atoms with Crippen LogP contribution in [0.3, 0.4) is 0 Å². The molecule has 3 rings (SSSR count). The molecule has 2 aromatic rings. The van der Waals surface area contributed by atoms with E-state index in [1.165, 1.54) is 0 Å². The molecule has 0 bridgehead atoms. The Kier molecular flexibility index (Phi) is 6.85. The Morgan fingerprint density at radius 3 is 2.30 bits per heavy atom. The van der Waals surface area contributed by atoms with E-state index in [0.29, 0.717) is 18.0 Å². The van der Waals surface area contributed by atoms with E-state index in [-0.39, 0.29) is 17.9 Å². The number of likely N-dealkylation sites (tertiary alicyclic amines) is 1. The van der Waals surface area contributed by atoms with Gasteiger partial charge in [-0.15, -0.1) is 0 Å². The minimum absolute atomic E-state index is 0.00794. The maximum Gasteiger partial charge on any atom is 0.238 e. The Balaban J connectivity index is 1.37. The Labute approximate surface area is 164 Å². The van der Waals surface area contributed by atoms with Gasteiger partial charge in [0.2, 0.25) is 11.8 Å². The van der Waals surface area contributed by atoms with Crippen LogP contribution in [0.1, 0.15) is 18.4 Å². The monoisotopic (exact) mass is 385 g/mol. The van der Waals surface area contributed by atoms with Gasteiger partial charge in [0.15, 0.2) is 0 Å². The van der Waals surface area contributed by atoms with Gasteiger partial charge in [0.05, 0.1) is 13.0 Å². The summed E-state index contributed by atoms with van der Waals surface area (Å²) in [5.74, 6) is 0.0176. The van der Waals surface area contributed by atoms with E-state index >= 15 is 0 Å². The predicted octanol–water partition coefficient (Wildman–Crippen LogP) is 3.10. The highest BCUT2D eigenvalue weighted by atomic mass is 35.5. The molecule has 5 nitrogen and oxygen atoms in total. The Bertz CT molecular complexity index is 757. The number of anilines is 1. The van der Waals surface area contributed by atoms with E-state index < -0.39 is 0 Å². The zero-order valence-electron chi connectivity index (χ0n) is 15.2. The van der Waals surface area contributed by atoms with E-state index in [1.54, 1.807) is 12.1 Å². The van der Waals surface area contributed by atoms with Gasteiger partial charge in [-0.3, -0.25) is 14.5 Å². The quantitative estimate of drug-likeness (QED) is 0.803. The third-order valence-electron chi connectivity index (χ3n) is 4.66. The molecule has 27 heavy (non-hydrogen) atoms. The number of piperidine rings is 1. The van der Waals surface area contributed by atoms with Crippen molar-refractivity contribution in [1.82, 2.24) is 10.2 Å². The first kappa shape index (κ1) is 19.4. The average Bonchev–Trinajstić information content (AvgIpc) is 2.66. The molecule has 142 valence electrons. The standard InChI is InChI=1S/C21H24ClN3O2/c22-17-8-6-16(7-9-17)14-20(26)23-19-10-12-25(13-11-19)15-21(27)24-18-4-2-1-3-5-18/h1-9,19H,10-15H2,(H,23,26)(H,24,27). The van der Waals surface area contributed by atoms with Crippen molar-refractivity contribution in [3.8, 4) is 0 Å². The van der Waals surface area contributed by atoms with Crippen molar-refractivity contribution in [3.63, 3.8) is 0 Å². The molecule has 2 aromatic carbocycles. The molecular formula is C21H24ClN3O2. The highest BCUT2D eigenvalue weighted by Crippen LogP contribution is 2.13. The zero-order chi connectivity index (χ0) is 19.1. The lowest BCUT2D eigenvalue weighted by Gasteiger charge is -2.31. The van der Waals surface area contributed by atoms with Crippen molar-refractivity contribution in [1.29, 1.82) is 0 Å². The second kappa shape index (κ2) is 9.53. The van der Waals surface area contributed by atoms with Crippen LogP contribution in [0.2, 0.25) is 5.02 Å². The summed E-state index contributed by atoms with van der Waals surface area (Å²) in [5.41, 5.74) is 1.76. The molecule has 2 N–H and O–H groups in total. The van der Waals surface area contributed by atoms with Crippen molar-refractivity contribution in [2.45, 2.75) is 25.3 Å². The number of hydrogen-bond donors (Lipinski definition) is 2. The van der Waals surface area contributed by atoms with Crippen LogP contribution in [-0.4, -0.2) is 42.4 Å².